The average Bonchev–Trinajstić information content (AvgIpc) is 0.811. The Morgan fingerprint density at radius 1 is 2.00 bits per heavy atom. The average molecular weight is 163 g/mol. The Kier molecular flexibility index (Phi) is 7.30. The van der Waals surface area contributed by atoms with Gasteiger partial charge in [0.05, 0.1) is 0 Å². The van der Waals surface area contributed by atoms with Crippen molar-refractivity contribution in [1.82, 2.24) is 0 Å². The molecule has 0 aliphatic rings. The fourth-order valence-electron chi connectivity index (χ4n) is 0. The molecule has 0 aromatic heterocycles. The van der Waals surface area contributed by atoms with Crippen molar-refractivity contribution in [3.8, 4) is 0 Å². The Labute approximate surface area is 44.4 Å². The van der Waals surface area contributed by atoms with E-state index in [4.69, 9.17) is 9.90 Å². The van der Waals surface area contributed by atoms with E-state index in [1.165, 1.54) is 0 Å². The molecule has 0 unspecified atom stereocenters. The van der Waals surface area contributed by atoms with Crippen LogP contribution in [-0.4, -0.2) is 11.1 Å². The van der Waals surface area contributed by atoms with E-state index in [1.807, 2.05) is 0 Å². The molecule has 0 atom stereocenters. The second-order valence-corrected chi connectivity index (χ2v) is 0.519. The standard InChI is InChI=1S/C2H4O2.Ru.H2/c1-2(3)4;;/h1H3,(H,3,4);;1H. The summed E-state index contributed by atoms with van der Waals surface area (Å²) in [7, 11) is 0. The van der Waals surface area contributed by atoms with Gasteiger partial charge in [0.1, 0.15) is 0 Å². The summed E-state index contributed by atoms with van der Waals surface area (Å²) in [6, 6.07) is 0. The van der Waals surface area contributed by atoms with Crippen LogP contribution in [-0.2, 0) is 24.3 Å². The van der Waals surface area contributed by atoms with Gasteiger partial charge in [-0.05, 0) is 0 Å². The van der Waals surface area contributed by atoms with Crippen LogP contribution >= 0.6 is 0 Å². The zero-order chi connectivity index (χ0) is 3.58. The zero-order valence-electron chi connectivity index (χ0n) is 2.71. The summed E-state index contributed by atoms with van der Waals surface area (Å²) in [6.45, 7) is 1.08. The topological polar surface area (TPSA) is 37.3 Å². The molecule has 0 radical (unpaired) electrons. The molecule has 5 heavy (non-hydrogen) atoms. The van der Waals surface area contributed by atoms with Crippen LogP contribution in [0.2, 0.25) is 0 Å². The Hall–Kier alpha value is 0.0934. The Bertz CT molecular complexity index is 34.5. The molecule has 3 heteroatoms. The summed E-state index contributed by atoms with van der Waals surface area (Å²) in [5.74, 6) is -0.833. The van der Waals surface area contributed by atoms with E-state index in [9.17, 15) is 0 Å². The first kappa shape index (κ1) is 8.92. The van der Waals surface area contributed by atoms with Crippen LogP contribution < -0.4 is 0 Å². The van der Waals surface area contributed by atoms with Gasteiger partial charge in [0.2, 0.25) is 0 Å². The first-order valence-corrected chi connectivity index (χ1v) is 0.928. The van der Waals surface area contributed by atoms with Gasteiger partial charge in [0.15, 0.2) is 0 Å². The smallest absolute Gasteiger partial charge is 0.300 e. The third kappa shape index (κ3) is 2060. The zero-order valence-corrected chi connectivity index (χ0v) is 4.45. The van der Waals surface area contributed by atoms with E-state index in [0.717, 1.165) is 6.92 Å². The minimum Gasteiger partial charge on any atom is -0.481 e. The summed E-state index contributed by atoms with van der Waals surface area (Å²) in [6.07, 6.45) is 0. The molecule has 0 aliphatic heterocycles. The van der Waals surface area contributed by atoms with Gasteiger partial charge in [-0.25, -0.2) is 0 Å². The van der Waals surface area contributed by atoms with Gasteiger partial charge in [0.25, 0.3) is 5.97 Å². The molecule has 0 spiro atoms. The molecular formula is C2H6O2Ru. The summed E-state index contributed by atoms with van der Waals surface area (Å²) >= 11 is 0. The van der Waals surface area contributed by atoms with Crippen LogP contribution in [0.1, 0.15) is 8.35 Å². The van der Waals surface area contributed by atoms with Crippen molar-refractivity contribution in [2.45, 2.75) is 6.92 Å². The van der Waals surface area contributed by atoms with Gasteiger partial charge in [-0.1, -0.05) is 0 Å². The molecule has 0 fully saturated rings. The summed E-state index contributed by atoms with van der Waals surface area (Å²) in [4.78, 5) is 9.00. The second kappa shape index (κ2) is 4.09. The Balaban J connectivity index is -0.0000000450. The number of hydrogen-bond acceptors (Lipinski definition) is 1. The molecular weight excluding hydrogens is 157 g/mol. The predicted molar refractivity (Wildman–Crippen MR) is 15.4 cm³/mol. The van der Waals surface area contributed by atoms with Crippen LogP contribution in [0.5, 0.6) is 0 Å². The van der Waals surface area contributed by atoms with Crippen molar-refractivity contribution >= 4 is 5.97 Å². The molecule has 0 bridgehead atoms. The third-order valence-corrected chi connectivity index (χ3v) is 0. The molecule has 0 amide bonds. The fraction of sp³-hybridized carbons (Fsp3) is 0.500. The van der Waals surface area contributed by atoms with E-state index in [1.54, 1.807) is 0 Å². The van der Waals surface area contributed by atoms with E-state index in [-0.39, 0.29) is 20.9 Å². The Morgan fingerprint density at radius 2 is 2.00 bits per heavy atom. The molecule has 0 heterocycles. The number of carboxylic acids is 1. The molecule has 0 aromatic rings. The van der Waals surface area contributed by atoms with Crippen LogP contribution in [0.25, 0.3) is 0 Å². The first-order chi connectivity index (χ1) is 1.73. The van der Waals surface area contributed by atoms with Crippen molar-refractivity contribution in [3.63, 3.8) is 0 Å². The van der Waals surface area contributed by atoms with Gasteiger partial charge in [-0.15, -0.1) is 0 Å². The van der Waals surface area contributed by atoms with Gasteiger partial charge in [-0.3, -0.25) is 4.79 Å². The number of aliphatic carboxylic acids is 1. The van der Waals surface area contributed by atoms with Crippen molar-refractivity contribution in [2.24, 2.45) is 0 Å². The molecule has 0 rings (SSSR count). The maximum Gasteiger partial charge on any atom is 0.300 e. The van der Waals surface area contributed by atoms with Crippen LogP contribution in [0.15, 0.2) is 0 Å². The summed E-state index contributed by atoms with van der Waals surface area (Å²) in [5.41, 5.74) is 0. The number of carboxylic acid groups (broad SMARTS) is 1. The van der Waals surface area contributed by atoms with E-state index in [2.05, 4.69) is 0 Å². The number of rotatable bonds is 0. The maximum atomic E-state index is 9.00. The third-order valence-electron chi connectivity index (χ3n) is 0. The van der Waals surface area contributed by atoms with Gasteiger partial charge in [-0.2, -0.15) is 0 Å². The normalized spacial score (nSPS) is 5.00. The molecule has 0 saturated heterocycles. The SMILES string of the molecule is CC(=O)O.[HH].[Ru]. The van der Waals surface area contributed by atoms with Crippen LogP contribution in [0.3, 0.4) is 0 Å². The fourth-order valence-corrected chi connectivity index (χ4v) is 0. The molecule has 34 valence electrons. The molecule has 0 aliphatic carbocycles. The second-order valence-electron chi connectivity index (χ2n) is 0.519. The first-order valence-electron chi connectivity index (χ1n) is 0.928. The van der Waals surface area contributed by atoms with Crippen molar-refractivity contribution < 1.29 is 30.8 Å². The minimum atomic E-state index is -0.833. The summed E-state index contributed by atoms with van der Waals surface area (Å²) in [5, 5.41) is 7.42. The molecule has 1 N–H and O–H groups in total. The monoisotopic (exact) mass is 164 g/mol. The van der Waals surface area contributed by atoms with Crippen LogP contribution in [0, 0.1) is 0 Å². The van der Waals surface area contributed by atoms with Gasteiger partial charge < -0.3 is 5.11 Å². The largest absolute Gasteiger partial charge is 0.481 e. The molecule has 2 nitrogen and oxygen atoms in total. The van der Waals surface area contributed by atoms with E-state index >= 15 is 0 Å². The predicted octanol–water partition coefficient (Wildman–Crippen LogP) is 0.334. The van der Waals surface area contributed by atoms with Gasteiger partial charge >= 0.3 is 0 Å². The number of carbonyl (C=O) groups is 1. The van der Waals surface area contributed by atoms with Crippen LogP contribution in [0.4, 0.5) is 0 Å². The van der Waals surface area contributed by atoms with E-state index < -0.39 is 5.97 Å². The minimum absolute atomic E-state index is 0. The van der Waals surface area contributed by atoms with Crippen molar-refractivity contribution in [2.75, 3.05) is 0 Å². The summed E-state index contributed by atoms with van der Waals surface area (Å²) < 4.78 is 0. The maximum absolute atomic E-state index is 9.00. The Morgan fingerprint density at radius 3 is 2.00 bits per heavy atom. The quantitative estimate of drug-likeness (QED) is 0.522. The van der Waals surface area contributed by atoms with Crippen molar-refractivity contribution in [1.29, 1.82) is 0 Å². The molecule has 0 saturated carbocycles. The number of hydrogen-bond donors (Lipinski definition) is 1. The van der Waals surface area contributed by atoms with Gasteiger partial charge in [0, 0.05) is 27.8 Å². The van der Waals surface area contributed by atoms with Crippen molar-refractivity contribution in [3.05, 3.63) is 0 Å². The molecule has 0 aromatic carbocycles. The van der Waals surface area contributed by atoms with E-state index in [0.29, 0.717) is 0 Å².